The lowest BCUT2D eigenvalue weighted by Gasteiger charge is -2.13. The van der Waals surface area contributed by atoms with Crippen LogP contribution in [-0.2, 0) is 12.4 Å². The number of halogens is 4. The van der Waals surface area contributed by atoms with E-state index in [0.29, 0.717) is 12.1 Å². The van der Waals surface area contributed by atoms with Gasteiger partial charge in [-0.25, -0.2) is 22.5 Å². The van der Waals surface area contributed by atoms with Gasteiger partial charge in [-0.1, -0.05) is 11.8 Å². The van der Waals surface area contributed by atoms with E-state index in [4.69, 9.17) is 4.74 Å². The molecule has 0 unspecified atom stereocenters. The third kappa shape index (κ3) is 3.80. The van der Waals surface area contributed by atoms with Gasteiger partial charge in [0.25, 0.3) is 5.56 Å². The standard InChI is InChI=1S/C19H13F4N5O3S/c1-31-17-15(23)4-11(6-24-17)27-18(30)16-9(7-29)5-25-28(16)26-19(27)32-8-12-13(21)2-10(20)3-14(12)22/h2-6,29H,7-8H2,1H3. The van der Waals surface area contributed by atoms with Crippen LogP contribution < -0.4 is 10.3 Å². The van der Waals surface area contributed by atoms with E-state index in [9.17, 15) is 27.5 Å². The molecule has 3 heterocycles. The average molecular weight is 467 g/mol. The summed E-state index contributed by atoms with van der Waals surface area (Å²) in [6.07, 6.45) is 2.38. The second-order valence-corrected chi connectivity index (χ2v) is 7.35. The quantitative estimate of drug-likeness (QED) is 0.344. The van der Waals surface area contributed by atoms with Gasteiger partial charge in [0.2, 0.25) is 5.88 Å². The minimum Gasteiger partial charge on any atom is -0.479 e. The van der Waals surface area contributed by atoms with Crippen molar-refractivity contribution in [3.05, 3.63) is 75.3 Å². The summed E-state index contributed by atoms with van der Waals surface area (Å²) in [7, 11) is 1.22. The van der Waals surface area contributed by atoms with Crippen molar-refractivity contribution >= 4 is 17.3 Å². The lowest BCUT2D eigenvalue weighted by atomic mass is 10.2. The summed E-state index contributed by atoms with van der Waals surface area (Å²) < 4.78 is 62.3. The fraction of sp³-hybridized carbons (Fsp3) is 0.158. The molecule has 0 fully saturated rings. The van der Waals surface area contributed by atoms with E-state index in [1.54, 1.807) is 0 Å². The Bertz CT molecular complexity index is 1370. The van der Waals surface area contributed by atoms with Crippen molar-refractivity contribution in [3.8, 4) is 11.6 Å². The number of aliphatic hydroxyl groups is 1. The highest BCUT2D eigenvalue weighted by Crippen LogP contribution is 2.27. The van der Waals surface area contributed by atoms with Gasteiger partial charge in [0.15, 0.2) is 16.5 Å². The van der Waals surface area contributed by atoms with Crippen LogP contribution in [0.25, 0.3) is 11.2 Å². The van der Waals surface area contributed by atoms with Crippen molar-refractivity contribution in [1.29, 1.82) is 0 Å². The first-order chi connectivity index (χ1) is 15.3. The molecule has 0 atom stereocenters. The van der Waals surface area contributed by atoms with Crippen LogP contribution in [-0.4, -0.2) is 36.6 Å². The highest BCUT2D eigenvalue weighted by atomic mass is 32.2. The molecule has 0 spiro atoms. The number of benzene rings is 1. The lowest BCUT2D eigenvalue weighted by molar-refractivity contribution is 0.283. The number of nitrogens with zero attached hydrogens (tertiary/aromatic N) is 5. The first-order valence-corrected chi connectivity index (χ1v) is 9.89. The Morgan fingerprint density at radius 1 is 1.09 bits per heavy atom. The molecule has 0 radical (unpaired) electrons. The number of thioether (sulfide) groups is 1. The predicted molar refractivity (Wildman–Crippen MR) is 105 cm³/mol. The van der Waals surface area contributed by atoms with Gasteiger partial charge in [-0.05, 0) is 0 Å². The van der Waals surface area contributed by atoms with Crippen LogP contribution in [0.3, 0.4) is 0 Å². The van der Waals surface area contributed by atoms with Gasteiger partial charge >= 0.3 is 0 Å². The maximum Gasteiger partial charge on any atom is 0.285 e. The Hall–Kier alpha value is -3.45. The smallest absolute Gasteiger partial charge is 0.285 e. The van der Waals surface area contributed by atoms with Crippen molar-refractivity contribution in [3.63, 3.8) is 0 Å². The van der Waals surface area contributed by atoms with Gasteiger partial charge in [-0.2, -0.15) is 5.10 Å². The molecule has 1 aromatic carbocycles. The third-order valence-corrected chi connectivity index (χ3v) is 5.43. The van der Waals surface area contributed by atoms with E-state index < -0.39 is 41.0 Å². The SMILES string of the molecule is COc1ncc(-n2c(SCc3c(F)cc(F)cc3F)nn3ncc(CO)c3c2=O)cc1F. The first-order valence-electron chi connectivity index (χ1n) is 8.91. The van der Waals surface area contributed by atoms with E-state index in [2.05, 4.69) is 15.2 Å². The summed E-state index contributed by atoms with van der Waals surface area (Å²) in [6.45, 7) is -0.506. The number of aliphatic hydroxyl groups excluding tert-OH is 1. The van der Waals surface area contributed by atoms with E-state index in [1.165, 1.54) is 13.3 Å². The van der Waals surface area contributed by atoms with Gasteiger partial charge in [-0.3, -0.25) is 9.36 Å². The summed E-state index contributed by atoms with van der Waals surface area (Å²) in [5, 5.41) is 17.5. The summed E-state index contributed by atoms with van der Waals surface area (Å²) in [4.78, 5) is 17.0. The number of methoxy groups -OCH3 is 1. The van der Waals surface area contributed by atoms with Gasteiger partial charge in [-0.15, -0.1) is 9.73 Å². The van der Waals surface area contributed by atoms with Crippen molar-refractivity contribution in [1.82, 2.24) is 24.4 Å². The molecule has 0 amide bonds. The molecule has 0 bridgehead atoms. The van der Waals surface area contributed by atoms with Crippen LogP contribution in [0.4, 0.5) is 17.6 Å². The largest absolute Gasteiger partial charge is 0.479 e. The zero-order valence-corrected chi connectivity index (χ0v) is 17.0. The topological polar surface area (TPSA) is 94.5 Å². The third-order valence-electron chi connectivity index (χ3n) is 4.47. The molecule has 0 saturated carbocycles. The number of rotatable bonds is 6. The Labute approximate surface area is 181 Å². The fourth-order valence-electron chi connectivity index (χ4n) is 2.96. The molecule has 8 nitrogen and oxygen atoms in total. The second kappa shape index (κ2) is 8.59. The van der Waals surface area contributed by atoms with Crippen molar-refractivity contribution in [2.75, 3.05) is 7.11 Å². The predicted octanol–water partition coefficient (Wildman–Crippen LogP) is 2.62. The molecule has 13 heteroatoms. The summed E-state index contributed by atoms with van der Waals surface area (Å²) in [5.74, 6) is -4.82. The van der Waals surface area contributed by atoms with Crippen LogP contribution in [0.1, 0.15) is 11.1 Å². The minimum atomic E-state index is -1.11. The van der Waals surface area contributed by atoms with E-state index in [0.717, 1.165) is 33.2 Å². The monoisotopic (exact) mass is 467 g/mol. The van der Waals surface area contributed by atoms with Crippen LogP contribution in [0, 0.1) is 23.3 Å². The Morgan fingerprint density at radius 3 is 2.44 bits per heavy atom. The van der Waals surface area contributed by atoms with E-state index in [-0.39, 0.29) is 33.6 Å². The Morgan fingerprint density at radius 2 is 1.81 bits per heavy atom. The number of pyridine rings is 1. The second-order valence-electron chi connectivity index (χ2n) is 6.41. The number of aromatic nitrogens is 5. The molecule has 32 heavy (non-hydrogen) atoms. The Kier molecular flexibility index (Phi) is 5.84. The molecule has 0 saturated heterocycles. The van der Waals surface area contributed by atoms with Gasteiger partial charge in [0.05, 0.1) is 31.8 Å². The minimum absolute atomic E-state index is 0.0454. The molecule has 0 aliphatic heterocycles. The van der Waals surface area contributed by atoms with Gasteiger partial charge < -0.3 is 9.84 Å². The molecule has 3 aromatic heterocycles. The molecule has 1 N–H and O–H groups in total. The van der Waals surface area contributed by atoms with Crippen LogP contribution in [0.15, 0.2) is 40.5 Å². The molecule has 0 aliphatic carbocycles. The molecule has 4 rings (SSSR count). The zero-order valence-electron chi connectivity index (χ0n) is 16.2. The molecular formula is C19H13F4N5O3S. The van der Waals surface area contributed by atoms with Crippen LogP contribution in [0.5, 0.6) is 5.88 Å². The highest BCUT2D eigenvalue weighted by molar-refractivity contribution is 7.98. The Balaban J connectivity index is 1.87. The summed E-state index contributed by atoms with van der Waals surface area (Å²) in [5.41, 5.74) is -1.11. The van der Waals surface area contributed by atoms with Crippen LogP contribution >= 0.6 is 11.8 Å². The number of hydrogen-bond donors (Lipinski definition) is 1. The highest BCUT2D eigenvalue weighted by Gasteiger charge is 2.20. The summed E-state index contributed by atoms with van der Waals surface area (Å²) in [6, 6.07) is 2.04. The van der Waals surface area contributed by atoms with E-state index in [1.807, 2.05) is 0 Å². The number of ether oxygens (including phenoxy) is 1. The average Bonchev–Trinajstić information content (AvgIpc) is 3.16. The maximum atomic E-state index is 14.3. The maximum absolute atomic E-state index is 14.3. The van der Waals surface area contributed by atoms with Crippen molar-refractivity contribution < 1.29 is 27.4 Å². The number of fused-ring (bicyclic) bond motifs is 1. The fourth-order valence-corrected chi connectivity index (χ4v) is 3.96. The molecular weight excluding hydrogens is 454 g/mol. The normalized spacial score (nSPS) is 11.3. The van der Waals surface area contributed by atoms with Gasteiger partial charge in [0.1, 0.15) is 17.5 Å². The summed E-state index contributed by atoms with van der Waals surface area (Å²) >= 11 is 0.735. The molecule has 166 valence electrons. The molecule has 4 aromatic rings. The molecule has 0 aliphatic rings. The van der Waals surface area contributed by atoms with Crippen molar-refractivity contribution in [2.45, 2.75) is 17.5 Å². The number of hydrogen-bond acceptors (Lipinski definition) is 7. The van der Waals surface area contributed by atoms with Crippen molar-refractivity contribution in [2.24, 2.45) is 0 Å². The van der Waals surface area contributed by atoms with E-state index >= 15 is 0 Å². The van der Waals surface area contributed by atoms with Gasteiger partial charge in [0, 0.05) is 35.1 Å². The zero-order chi connectivity index (χ0) is 23.0. The van der Waals surface area contributed by atoms with Crippen LogP contribution in [0.2, 0.25) is 0 Å². The lowest BCUT2D eigenvalue weighted by Crippen LogP contribution is -2.25. The first kappa shape index (κ1) is 21.8.